The lowest BCUT2D eigenvalue weighted by Gasteiger charge is -2.21. The molecule has 0 fully saturated rings. The summed E-state index contributed by atoms with van der Waals surface area (Å²) in [5, 5.41) is 10.0. The van der Waals surface area contributed by atoms with E-state index in [1.807, 2.05) is 60.8 Å². The quantitative estimate of drug-likeness (QED) is 0.515. The Morgan fingerprint density at radius 1 is 1.14 bits per heavy atom. The zero-order valence-electron chi connectivity index (χ0n) is 15.1. The van der Waals surface area contributed by atoms with Gasteiger partial charge in [-0.25, -0.2) is 4.98 Å². The summed E-state index contributed by atoms with van der Waals surface area (Å²) in [4.78, 5) is 24.0. The van der Waals surface area contributed by atoms with Gasteiger partial charge in [0.2, 0.25) is 0 Å². The predicted octanol–water partition coefficient (Wildman–Crippen LogP) is 4.85. The van der Waals surface area contributed by atoms with Gasteiger partial charge in [-0.2, -0.15) is 5.26 Å². The lowest BCUT2D eigenvalue weighted by atomic mass is 10.1. The number of carbonyl (C=O) groups excluding carboxylic acids is 1. The zero-order chi connectivity index (χ0) is 19.3. The lowest BCUT2D eigenvalue weighted by Crippen LogP contribution is -2.30. The molecule has 0 atom stereocenters. The third-order valence-corrected chi connectivity index (χ3v) is 5.65. The first-order valence-electron chi connectivity index (χ1n) is 8.99. The number of nitriles is 1. The number of hydrogen-bond donors (Lipinski definition) is 1. The third kappa shape index (κ3) is 3.66. The number of nitrogens with zero attached hydrogens (tertiary/aromatic N) is 3. The number of benzene rings is 1. The van der Waals surface area contributed by atoms with Crippen LogP contribution in [-0.4, -0.2) is 27.3 Å². The Bertz CT molecular complexity index is 1140. The number of nitrogens with one attached hydrogen (secondary N) is 1. The number of rotatable bonds is 6. The number of aromatic nitrogens is 2. The SMILES string of the molecule is N#CCCN(Cc1ccccc1)C(=O)c1ccc(-c2ccnc3[nH]ccc23)s1. The smallest absolute Gasteiger partial charge is 0.264 e. The Hall–Kier alpha value is -3.43. The topological polar surface area (TPSA) is 72.8 Å². The van der Waals surface area contributed by atoms with Crippen molar-refractivity contribution >= 4 is 28.3 Å². The fraction of sp³-hybridized carbons (Fsp3) is 0.136. The summed E-state index contributed by atoms with van der Waals surface area (Å²) >= 11 is 1.47. The van der Waals surface area contributed by atoms with E-state index in [1.165, 1.54) is 11.3 Å². The molecule has 0 saturated carbocycles. The molecule has 4 aromatic rings. The summed E-state index contributed by atoms with van der Waals surface area (Å²) in [5.74, 6) is -0.0466. The van der Waals surface area contributed by atoms with Gasteiger partial charge in [0.1, 0.15) is 5.65 Å². The Morgan fingerprint density at radius 2 is 2.00 bits per heavy atom. The fourth-order valence-electron chi connectivity index (χ4n) is 3.17. The largest absolute Gasteiger partial charge is 0.346 e. The zero-order valence-corrected chi connectivity index (χ0v) is 15.9. The molecule has 0 aliphatic heterocycles. The Morgan fingerprint density at radius 3 is 2.82 bits per heavy atom. The van der Waals surface area contributed by atoms with Gasteiger partial charge in [0.25, 0.3) is 5.91 Å². The first-order valence-corrected chi connectivity index (χ1v) is 9.80. The molecule has 0 spiro atoms. The predicted molar refractivity (Wildman–Crippen MR) is 111 cm³/mol. The average molecular weight is 386 g/mol. The summed E-state index contributed by atoms with van der Waals surface area (Å²) in [5.41, 5.74) is 2.94. The van der Waals surface area contributed by atoms with Gasteiger partial charge >= 0.3 is 0 Å². The molecular weight excluding hydrogens is 368 g/mol. The molecule has 4 rings (SSSR count). The molecule has 0 bridgehead atoms. The van der Waals surface area contributed by atoms with Crippen molar-refractivity contribution in [1.29, 1.82) is 5.26 Å². The molecular formula is C22H18N4OS. The summed E-state index contributed by atoms with van der Waals surface area (Å²) in [7, 11) is 0. The maximum absolute atomic E-state index is 13.1. The van der Waals surface area contributed by atoms with E-state index >= 15 is 0 Å². The van der Waals surface area contributed by atoms with Crippen molar-refractivity contribution in [2.24, 2.45) is 0 Å². The van der Waals surface area contributed by atoms with Gasteiger partial charge < -0.3 is 9.88 Å². The highest BCUT2D eigenvalue weighted by Crippen LogP contribution is 2.33. The van der Waals surface area contributed by atoms with Crippen LogP contribution in [-0.2, 0) is 6.54 Å². The average Bonchev–Trinajstić information content (AvgIpc) is 3.40. The van der Waals surface area contributed by atoms with Crippen molar-refractivity contribution in [1.82, 2.24) is 14.9 Å². The van der Waals surface area contributed by atoms with Crippen LogP contribution in [0.25, 0.3) is 21.5 Å². The number of pyridine rings is 1. The van der Waals surface area contributed by atoms with E-state index in [-0.39, 0.29) is 5.91 Å². The monoisotopic (exact) mass is 386 g/mol. The molecule has 0 saturated heterocycles. The van der Waals surface area contributed by atoms with Gasteiger partial charge in [-0.05, 0) is 29.8 Å². The number of thiophene rings is 1. The van der Waals surface area contributed by atoms with Gasteiger partial charge in [0.15, 0.2) is 0 Å². The Kier molecular flexibility index (Phi) is 5.18. The van der Waals surface area contributed by atoms with Gasteiger partial charge in [0.05, 0.1) is 17.4 Å². The van der Waals surface area contributed by atoms with Crippen LogP contribution >= 0.6 is 11.3 Å². The molecule has 0 aliphatic carbocycles. The normalized spacial score (nSPS) is 10.7. The minimum atomic E-state index is -0.0466. The standard InChI is InChI=1S/C22H18N4OS/c23-11-4-14-26(15-16-5-2-1-3-6-16)22(27)20-8-7-19(28-20)17-9-12-24-21-18(17)10-13-25-21/h1-3,5-10,12-13H,4,14-15H2,(H,24,25). The van der Waals surface area contributed by atoms with Crippen LogP contribution in [0.4, 0.5) is 0 Å². The van der Waals surface area contributed by atoms with Crippen LogP contribution in [0.15, 0.2) is 67.0 Å². The van der Waals surface area contributed by atoms with Gasteiger partial charge in [-0.3, -0.25) is 4.79 Å². The highest BCUT2D eigenvalue weighted by molar-refractivity contribution is 7.17. The molecule has 3 aromatic heterocycles. The second-order valence-corrected chi connectivity index (χ2v) is 7.47. The van der Waals surface area contributed by atoms with Crippen molar-refractivity contribution in [3.63, 3.8) is 0 Å². The van der Waals surface area contributed by atoms with E-state index in [9.17, 15) is 4.79 Å². The van der Waals surface area contributed by atoms with Crippen LogP contribution < -0.4 is 0 Å². The summed E-state index contributed by atoms with van der Waals surface area (Å²) in [6.07, 6.45) is 3.94. The highest BCUT2D eigenvalue weighted by atomic mass is 32.1. The molecule has 0 radical (unpaired) electrons. The molecule has 3 heterocycles. The lowest BCUT2D eigenvalue weighted by molar-refractivity contribution is 0.0752. The van der Waals surface area contributed by atoms with Crippen molar-refractivity contribution in [3.8, 4) is 16.5 Å². The van der Waals surface area contributed by atoms with Crippen molar-refractivity contribution < 1.29 is 4.79 Å². The molecule has 5 nitrogen and oxygen atoms in total. The second kappa shape index (κ2) is 8.07. The maximum atomic E-state index is 13.1. The van der Waals surface area contributed by atoms with E-state index in [0.29, 0.717) is 24.4 Å². The van der Waals surface area contributed by atoms with Gasteiger partial charge in [0, 0.05) is 41.3 Å². The van der Waals surface area contributed by atoms with Crippen LogP contribution in [0.5, 0.6) is 0 Å². The molecule has 1 amide bonds. The molecule has 28 heavy (non-hydrogen) atoms. The summed E-state index contributed by atoms with van der Waals surface area (Å²) in [6.45, 7) is 0.903. The first kappa shape index (κ1) is 18.0. The minimum absolute atomic E-state index is 0.0466. The molecule has 1 N–H and O–H groups in total. The van der Waals surface area contributed by atoms with Gasteiger partial charge in [-0.15, -0.1) is 11.3 Å². The van der Waals surface area contributed by atoms with E-state index in [2.05, 4.69) is 16.0 Å². The molecule has 0 unspecified atom stereocenters. The van der Waals surface area contributed by atoms with Crippen molar-refractivity contribution in [2.75, 3.05) is 6.54 Å². The third-order valence-electron chi connectivity index (χ3n) is 4.54. The summed E-state index contributed by atoms with van der Waals surface area (Å²) in [6, 6.07) is 19.8. The van der Waals surface area contributed by atoms with Crippen molar-refractivity contribution in [3.05, 3.63) is 77.4 Å². The fourth-order valence-corrected chi connectivity index (χ4v) is 4.18. The van der Waals surface area contributed by atoms with Crippen LogP contribution in [0.2, 0.25) is 0 Å². The maximum Gasteiger partial charge on any atom is 0.264 e. The van der Waals surface area contributed by atoms with E-state index in [1.54, 1.807) is 11.1 Å². The molecule has 138 valence electrons. The second-order valence-electron chi connectivity index (χ2n) is 6.38. The van der Waals surface area contributed by atoms with E-state index < -0.39 is 0 Å². The number of H-pyrrole nitrogens is 1. The Labute approximate surface area is 166 Å². The number of hydrogen-bond acceptors (Lipinski definition) is 4. The van der Waals surface area contributed by atoms with Crippen LogP contribution in [0, 0.1) is 11.3 Å². The highest BCUT2D eigenvalue weighted by Gasteiger charge is 2.19. The number of fused-ring (bicyclic) bond motifs is 1. The van der Waals surface area contributed by atoms with Crippen LogP contribution in [0.1, 0.15) is 21.7 Å². The van der Waals surface area contributed by atoms with Crippen LogP contribution in [0.3, 0.4) is 0 Å². The first-order chi connectivity index (χ1) is 13.8. The Balaban J connectivity index is 1.61. The number of aromatic amines is 1. The molecule has 6 heteroatoms. The molecule has 0 aliphatic rings. The molecule has 1 aromatic carbocycles. The van der Waals surface area contributed by atoms with E-state index in [4.69, 9.17) is 5.26 Å². The number of carbonyl (C=O) groups is 1. The van der Waals surface area contributed by atoms with Crippen molar-refractivity contribution in [2.45, 2.75) is 13.0 Å². The summed E-state index contributed by atoms with van der Waals surface area (Å²) < 4.78 is 0. The van der Waals surface area contributed by atoms with Gasteiger partial charge in [-0.1, -0.05) is 30.3 Å². The minimum Gasteiger partial charge on any atom is -0.346 e. The number of amides is 1. The van der Waals surface area contributed by atoms with E-state index in [0.717, 1.165) is 27.0 Å².